The number of hydrogen-bond acceptors (Lipinski definition) is 2. The second-order valence-electron chi connectivity index (χ2n) is 5.73. The van der Waals surface area contributed by atoms with Gasteiger partial charge in [0.05, 0.1) is 0 Å². The van der Waals surface area contributed by atoms with Crippen LogP contribution in [0.5, 0.6) is 0 Å². The van der Waals surface area contributed by atoms with E-state index in [0.717, 1.165) is 17.9 Å². The van der Waals surface area contributed by atoms with Gasteiger partial charge in [0, 0.05) is 6.04 Å². The summed E-state index contributed by atoms with van der Waals surface area (Å²) in [5.41, 5.74) is 0. The van der Waals surface area contributed by atoms with Gasteiger partial charge in [-0.25, -0.2) is 0 Å². The van der Waals surface area contributed by atoms with Crippen LogP contribution in [0, 0.1) is 11.8 Å². The third kappa shape index (κ3) is 3.46. The van der Waals surface area contributed by atoms with Crippen molar-refractivity contribution in [2.45, 2.75) is 52.0 Å². The summed E-state index contributed by atoms with van der Waals surface area (Å²) in [6.45, 7) is 9.85. The lowest BCUT2D eigenvalue weighted by Gasteiger charge is -2.30. The van der Waals surface area contributed by atoms with E-state index in [1.165, 1.54) is 58.3 Å². The van der Waals surface area contributed by atoms with Crippen LogP contribution in [-0.2, 0) is 0 Å². The zero-order valence-corrected chi connectivity index (χ0v) is 11.0. The number of nitrogens with one attached hydrogen (secondary N) is 1. The quantitative estimate of drug-likeness (QED) is 0.746. The lowest BCUT2D eigenvalue weighted by atomic mass is 9.85. The van der Waals surface area contributed by atoms with Crippen LogP contribution < -0.4 is 5.32 Å². The SMILES string of the molecule is CCN(CCC(C)C1CCCNC1)C1CC1. The minimum Gasteiger partial charge on any atom is -0.316 e. The molecule has 0 aromatic heterocycles. The third-order valence-electron chi connectivity index (χ3n) is 4.48. The monoisotopic (exact) mass is 224 g/mol. The van der Waals surface area contributed by atoms with Gasteiger partial charge in [-0.15, -0.1) is 0 Å². The molecule has 1 saturated carbocycles. The first-order chi connectivity index (χ1) is 7.81. The molecule has 0 aromatic carbocycles. The zero-order chi connectivity index (χ0) is 11.4. The first-order valence-corrected chi connectivity index (χ1v) is 7.26. The topological polar surface area (TPSA) is 15.3 Å². The molecule has 0 spiro atoms. The Hall–Kier alpha value is -0.0800. The Balaban J connectivity index is 1.67. The molecule has 2 atom stereocenters. The molecule has 2 heteroatoms. The van der Waals surface area contributed by atoms with Crippen molar-refractivity contribution in [3.8, 4) is 0 Å². The van der Waals surface area contributed by atoms with E-state index < -0.39 is 0 Å². The Morgan fingerprint density at radius 2 is 2.12 bits per heavy atom. The second-order valence-corrected chi connectivity index (χ2v) is 5.73. The van der Waals surface area contributed by atoms with Crippen molar-refractivity contribution in [1.82, 2.24) is 10.2 Å². The number of nitrogens with zero attached hydrogens (tertiary/aromatic N) is 1. The minimum absolute atomic E-state index is 0.903. The van der Waals surface area contributed by atoms with Gasteiger partial charge in [-0.1, -0.05) is 13.8 Å². The van der Waals surface area contributed by atoms with Crippen LogP contribution in [0.25, 0.3) is 0 Å². The maximum absolute atomic E-state index is 3.54. The van der Waals surface area contributed by atoms with Crippen LogP contribution in [0.3, 0.4) is 0 Å². The van der Waals surface area contributed by atoms with E-state index in [1.54, 1.807) is 0 Å². The highest BCUT2D eigenvalue weighted by Crippen LogP contribution is 2.28. The molecule has 0 amide bonds. The molecule has 0 aromatic rings. The predicted octanol–water partition coefficient (Wildman–Crippen LogP) is 2.50. The van der Waals surface area contributed by atoms with Gasteiger partial charge >= 0.3 is 0 Å². The highest BCUT2D eigenvalue weighted by molar-refractivity contribution is 4.84. The van der Waals surface area contributed by atoms with Crippen molar-refractivity contribution in [2.24, 2.45) is 11.8 Å². The summed E-state index contributed by atoms with van der Waals surface area (Å²) in [4.78, 5) is 2.69. The summed E-state index contributed by atoms with van der Waals surface area (Å²) < 4.78 is 0. The molecule has 2 rings (SSSR count). The highest BCUT2D eigenvalue weighted by Gasteiger charge is 2.28. The minimum atomic E-state index is 0.903. The lowest BCUT2D eigenvalue weighted by Crippen LogP contribution is -2.35. The van der Waals surface area contributed by atoms with Crippen molar-refractivity contribution in [3.63, 3.8) is 0 Å². The summed E-state index contributed by atoms with van der Waals surface area (Å²) in [5.74, 6) is 1.84. The third-order valence-corrected chi connectivity index (χ3v) is 4.48. The van der Waals surface area contributed by atoms with Crippen LogP contribution in [0.15, 0.2) is 0 Å². The normalized spacial score (nSPS) is 28.3. The van der Waals surface area contributed by atoms with Gasteiger partial charge in [0.1, 0.15) is 0 Å². The van der Waals surface area contributed by atoms with E-state index in [0.29, 0.717) is 0 Å². The second kappa shape index (κ2) is 6.02. The van der Waals surface area contributed by atoms with E-state index in [9.17, 15) is 0 Å². The predicted molar refractivity (Wildman–Crippen MR) is 69.6 cm³/mol. The van der Waals surface area contributed by atoms with Crippen molar-refractivity contribution >= 4 is 0 Å². The molecular formula is C14H28N2. The molecule has 1 aliphatic heterocycles. The van der Waals surface area contributed by atoms with Gasteiger partial charge in [0.25, 0.3) is 0 Å². The van der Waals surface area contributed by atoms with Crippen LogP contribution >= 0.6 is 0 Å². The van der Waals surface area contributed by atoms with Gasteiger partial charge in [-0.2, -0.15) is 0 Å². The molecular weight excluding hydrogens is 196 g/mol. The molecule has 1 aliphatic carbocycles. The van der Waals surface area contributed by atoms with E-state index >= 15 is 0 Å². The van der Waals surface area contributed by atoms with Crippen molar-refractivity contribution in [2.75, 3.05) is 26.2 Å². The average Bonchev–Trinajstić information content (AvgIpc) is 3.15. The summed E-state index contributed by atoms with van der Waals surface area (Å²) in [7, 11) is 0. The van der Waals surface area contributed by atoms with Crippen molar-refractivity contribution in [3.05, 3.63) is 0 Å². The molecule has 16 heavy (non-hydrogen) atoms. The maximum Gasteiger partial charge on any atom is 0.00963 e. The van der Waals surface area contributed by atoms with E-state index in [1.807, 2.05) is 0 Å². The fourth-order valence-corrected chi connectivity index (χ4v) is 3.01. The van der Waals surface area contributed by atoms with Gasteiger partial charge in [0.15, 0.2) is 0 Å². The Labute approximate surface area is 101 Å². The summed E-state index contributed by atoms with van der Waals surface area (Å²) in [5, 5.41) is 3.54. The summed E-state index contributed by atoms with van der Waals surface area (Å²) >= 11 is 0. The lowest BCUT2D eigenvalue weighted by molar-refractivity contribution is 0.212. The van der Waals surface area contributed by atoms with Gasteiger partial charge in [0.2, 0.25) is 0 Å². The van der Waals surface area contributed by atoms with Crippen LogP contribution in [0.2, 0.25) is 0 Å². The first kappa shape index (κ1) is 12.4. The summed E-state index contributed by atoms with van der Waals surface area (Å²) in [6.07, 6.45) is 7.13. The zero-order valence-electron chi connectivity index (χ0n) is 11.0. The van der Waals surface area contributed by atoms with E-state index in [4.69, 9.17) is 0 Å². The van der Waals surface area contributed by atoms with Crippen LogP contribution in [0.4, 0.5) is 0 Å². The molecule has 2 fully saturated rings. The molecule has 1 saturated heterocycles. The van der Waals surface area contributed by atoms with E-state index in [-0.39, 0.29) is 0 Å². The van der Waals surface area contributed by atoms with E-state index in [2.05, 4.69) is 24.1 Å². The van der Waals surface area contributed by atoms with Crippen LogP contribution in [-0.4, -0.2) is 37.1 Å². The Bertz CT molecular complexity index is 195. The largest absolute Gasteiger partial charge is 0.316 e. The fourth-order valence-electron chi connectivity index (χ4n) is 3.01. The Kier molecular flexibility index (Phi) is 4.66. The molecule has 1 heterocycles. The van der Waals surface area contributed by atoms with Gasteiger partial charge in [-0.05, 0) is 70.1 Å². The molecule has 2 nitrogen and oxygen atoms in total. The van der Waals surface area contributed by atoms with Gasteiger partial charge < -0.3 is 10.2 Å². The molecule has 0 radical (unpaired) electrons. The molecule has 1 N–H and O–H groups in total. The number of rotatable bonds is 6. The Morgan fingerprint density at radius 3 is 2.69 bits per heavy atom. The maximum atomic E-state index is 3.54. The summed E-state index contributed by atoms with van der Waals surface area (Å²) in [6, 6.07) is 0.946. The average molecular weight is 224 g/mol. The molecule has 2 unspecified atom stereocenters. The van der Waals surface area contributed by atoms with Crippen molar-refractivity contribution < 1.29 is 0 Å². The standard InChI is InChI=1S/C14H28N2/c1-3-16(14-6-7-14)10-8-12(2)13-5-4-9-15-11-13/h12-15H,3-11H2,1-2H3. The highest BCUT2D eigenvalue weighted by atomic mass is 15.2. The van der Waals surface area contributed by atoms with Gasteiger partial charge in [-0.3, -0.25) is 0 Å². The molecule has 0 bridgehead atoms. The molecule has 94 valence electrons. The smallest absolute Gasteiger partial charge is 0.00963 e. The number of hydrogen-bond donors (Lipinski definition) is 1. The molecule has 2 aliphatic rings. The first-order valence-electron chi connectivity index (χ1n) is 7.26. The number of piperidine rings is 1. The Morgan fingerprint density at radius 1 is 1.31 bits per heavy atom. The van der Waals surface area contributed by atoms with Crippen molar-refractivity contribution in [1.29, 1.82) is 0 Å². The van der Waals surface area contributed by atoms with Crippen LogP contribution in [0.1, 0.15) is 46.0 Å². The fraction of sp³-hybridized carbons (Fsp3) is 1.00.